The van der Waals surface area contributed by atoms with Crippen LogP contribution in [0.15, 0.2) is 29.2 Å². The van der Waals surface area contributed by atoms with Crippen molar-refractivity contribution in [2.45, 2.75) is 44.0 Å². The molecule has 0 aliphatic rings. The summed E-state index contributed by atoms with van der Waals surface area (Å²) in [5, 5.41) is 0. The van der Waals surface area contributed by atoms with Crippen LogP contribution in [0, 0.1) is 0 Å². The van der Waals surface area contributed by atoms with E-state index in [1.165, 1.54) is 0 Å². The zero-order valence-electron chi connectivity index (χ0n) is 11.4. The Morgan fingerprint density at radius 3 is 2.44 bits per heavy atom. The van der Waals surface area contributed by atoms with E-state index in [0.717, 1.165) is 5.56 Å². The summed E-state index contributed by atoms with van der Waals surface area (Å²) in [7, 11) is -3.48. The van der Waals surface area contributed by atoms with Gasteiger partial charge in [0.2, 0.25) is 10.0 Å². The van der Waals surface area contributed by atoms with Crippen LogP contribution in [-0.4, -0.2) is 20.5 Å². The molecule has 1 rings (SSSR count). The van der Waals surface area contributed by atoms with Gasteiger partial charge in [-0.1, -0.05) is 26.0 Å². The molecule has 0 saturated heterocycles. The molecule has 0 saturated carbocycles. The van der Waals surface area contributed by atoms with Gasteiger partial charge in [-0.15, -0.1) is 0 Å². The third kappa shape index (κ3) is 4.40. The van der Waals surface area contributed by atoms with E-state index in [1.807, 2.05) is 19.9 Å². The minimum absolute atomic E-state index is 0.210. The second kappa shape index (κ2) is 5.38. The predicted molar refractivity (Wildman–Crippen MR) is 74.0 cm³/mol. The van der Waals surface area contributed by atoms with E-state index in [9.17, 15) is 8.42 Å². The first-order valence-electron chi connectivity index (χ1n) is 6.00. The smallest absolute Gasteiger partial charge is 0.240 e. The van der Waals surface area contributed by atoms with E-state index < -0.39 is 15.6 Å². The van der Waals surface area contributed by atoms with Crippen LogP contribution in [0.25, 0.3) is 0 Å². The van der Waals surface area contributed by atoms with Crippen molar-refractivity contribution in [3.63, 3.8) is 0 Å². The normalized spacial score (nSPS) is 13.0. The molecule has 5 heteroatoms. The second-order valence-corrected chi connectivity index (χ2v) is 7.31. The van der Waals surface area contributed by atoms with Gasteiger partial charge in [0.15, 0.2) is 0 Å². The SMILES string of the molecule is CC(C)c1cccc(S(=O)(=O)NCC(C)(C)N)c1. The first kappa shape index (κ1) is 15.1. The lowest BCUT2D eigenvalue weighted by atomic mass is 10.0. The van der Waals surface area contributed by atoms with Crippen LogP contribution in [-0.2, 0) is 10.0 Å². The van der Waals surface area contributed by atoms with Crippen molar-refractivity contribution in [3.05, 3.63) is 29.8 Å². The first-order chi connectivity index (χ1) is 8.12. The topological polar surface area (TPSA) is 72.2 Å². The Bertz CT molecular complexity index is 502. The van der Waals surface area contributed by atoms with E-state index in [0.29, 0.717) is 5.92 Å². The molecule has 102 valence electrons. The van der Waals surface area contributed by atoms with Crippen LogP contribution < -0.4 is 10.5 Å². The molecule has 0 aliphatic heterocycles. The van der Waals surface area contributed by atoms with Crippen molar-refractivity contribution in [3.8, 4) is 0 Å². The predicted octanol–water partition coefficient (Wildman–Crippen LogP) is 1.83. The standard InChI is InChI=1S/C13H22N2O2S/c1-10(2)11-6-5-7-12(8-11)18(16,17)15-9-13(3,4)14/h5-8,10,15H,9,14H2,1-4H3. The maximum atomic E-state index is 12.1. The summed E-state index contributed by atoms with van der Waals surface area (Å²) in [6, 6.07) is 6.99. The lowest BCUT2D eigenvalue weighted by Gasteiger charge is -2.19. The van der Waals surface area contributed by atoms with Crippen molar-refractivity contribution >= 4 is 10.0 Å². The summed E-state index contributed by atoms with van der Waals surface area (Å²) >= 11 is 0. The highest BCUT2D eigenvalue weighted by Crippen LogP contribution is 2.18. The summed E-state index contributed by atoms with van der Waals surface area (Å²) in [6.07, 6.45) is 0. The van der Waals surface area contributed by atoms with Crippen molar-refractivity contribution < 1.29 is 8.42 Å². The lowest BCUT2D eigenvalue weighted by molar-refractivity contribution is 0.498. The van der Waals surface area contributed by atoms with Crippen molar-refractivity contribution in [2.24, 2.45) is 5.73 Å². The van der Waals surface area contributed by atoms with Gasteiger partial charge in [-0.25, -0.2) is 13.1 Å². The average molecular weight is 270 g/mol. The number of benzene rings is 1. The van der Waals surface area contributed by atoms with Crippen molar-refractivity contribution in [1.29, 1.82) is 0 Å². The summed E-state index contributed by atoms with van der Waals surface area (Å²) < 4.78 is 26.7. The fraction of sp³-hybridized carbons (Fsp3) is 0.538. The molecule has 18 heavy (non-hydrogen) atoms. The van der Waals surface area contributed by atoms with E-state index in [-0.39, 0.29) is 11.4 Å². The van der Waals surface area contributed by atoms with Gasteiger partial charge in [0.25, 0.3) is 0 Å². The van der Waals surface area contributed by atoms with Gasteiger partial charge in [-0.2, -0.15) is 0 Å². The summed E-state index contributed by atoms with van der Waals surface area (Å²) in [5.41, 5.74) is 6.21. The van der Waals surface area contributed by atoms with Crippen LogP contribution in [0.2, 0.25) is 0 Å². The number of hydrogen-bond acceptors (Lipinski definition) is 3. The van der Waals surface area contributed by atoms with Gasteiger partial charge in [0, 0.05) is 12.1 Å². The largest absolute Gasteiger partial charge is 0.324 e. The Hall–Kier alpha value is -0.910. The quantitative estimate of drug-likeness (QED) is 0.857. The molecule has 0 atom stereocenters. The minimum Gasteiger partial charge on any atom is -0.324 e. The van der Waals surface area contributed by atoms with Gasteiger partial charge < -0.3 is 5.73 Å². The summed E-state index contributed by atoms with van der Waals surface area (Å²) in [6.45, 7) is 7.83. The molecule has 1 aromatic carbocycles. The molecule has 0 aliphatic carbocycles. The van der Waals surface area contributed by atoms with E-state index >= 15 is 0 Å². The number of hydrogen-bond donors (Lipinski definition) is 2. The third-order valence-electron chi connectivity index (χ3n) is 2.55. The Balaban J connectivity index is 2.95. The number of nitrogens with two attached hydrogens (primary N) is 1. The maximum absolute atomic E-state index is 12.1. The van der Waals surface area contributed by atoms with Crippen molar-refractivity contribution in [2.75, 3.05) is 6.54 Å². The van der Waals surface area contributed by atoms with E-state index in [2.05, 4.69) is 4.72 Å². The molecule has 1 aromatic rings. The van der Waals surface area contributed by atoms with E-state index in [1.54, 1.807) is 32.0 Å². The molecule has 0 amide bonds. The Morgan fingerprint density at radius 1 is 1.33 bits per heavy atom. The molecule has 0 bridgehead atoms. The van der Waals surface area contributed by atoms with Crippen LogP contribution in [0.4, 0.5) is 0 Å². The first-order valence-corrected chi connectivity index (χ1v) is 7.49. The zero-order valence-corrected chi connectivity index (χ0v) is 12.2. The van der Waals surface area contributed by atoms with Gasteiger partial charge >= 0.3 is 0 Å². The average Bonchev–Trinajstić information content (AvgIpc) is 2.26. The molecule has 0 aromatic heterocycles. The van der Waals surface area contributed by atoms with E-state index in [4.69, 9.17) is 5.73 Å². The highest BCUT2D eigenvalue weighted by Gasteiger charge is 2.19. The molecule has 4 nitrogen and oxygen atoms in total. The van der Waals surface area contributed by atoms with Crippen LogP contribution in [0.3, 0.4) is 0 Å². The fourth-order valence-electron chi connectivity index (χ4n) is 1.41. The van der Waals surface area contributed by atoms with Gasteiger partial charge in [0.1, 0.15) is 0 Å². The monoisotopic (exact) mass is 270 g/mol. The zero-order chi connectivity index (χ0) is 14.0. The fourth-order valence-corrected chi connectivity index (χ4v) is 2.68. The highest BCUT2D eigenvalue weighted by atomic mass is 32.2. The second-order valence-electron chi connectivity index (χ2n) is 5.54. The highest BCUT2D eigenvalue weighted by molar-refractivity contribution is 7.89. The Labute approximate surface area is 110 Å². The number of sulfonamides is 1. The molecular formula is C13H22N2O2S. The molecule has 0 fully saturated rings. The Morgan fingerprint density at radius 2 is 1.94 bits per heavy atom. The van der Waals surface area contributed by atoms with Crippen LogP contribution in [0.1, 0.15) is 39.2 Å². The van der Waals surface area contributed by atoms with Crippen molar-refractivity contribution in [1.82, 2.24) is 4.72 Å². The molecule has 0 unspecified atom stereocenters. The van der Waals surface area contributed by atoms with Crippen LogP contribution >= 0.6 is 0 Å². The molecular weight excluding hydrogens is 248 g/mol. The maximum Gasteiger partial charge on any atom is 0.240 e. The van der Waals surface area contributed by atoms with Gasteiger partial charge in [-0.05, 0) is 37.5 Å². The lowest BCUT2D eigenvalue weighted by Crippen LogP contribution is -2.45. The van der Waals surface area contributed by atoms with Crippen LogP contribution in [0.5, 0.6) is 0 Å². The number of rotatable bonds is 5. The Kier molecular flexibility index (Phi) is 4.53. The summed E-state index contributed by atoms with van der Waals surface area (Å²) in [4.78, 5) is 0.290. The van der Waals surface area contributed by atoms with Gasteiger partial charge in [0.05, 0.1) is 4.90 Å². The molecule has 0 heterocycles. The molecule has 0 spiro atoms. The molecule has 0 radical (unpaired) electrons. The minimum atomic E-state index is -3.48. The molecule has 3 N–H and O–H groups in total. The summed E-state index contributed by atoms with van der Waals surface area (Å²) in [5.74, 6) is 0.297. The third-order valence-corrected chi connectivity index (χ3v) is 3.95. The van der Waals surface area contributed by atoms with Gasteiger partial charge in [-0.3, -0.25) is 0 Å². The number of nitrogens with one attached hydrogen (secondary N) is 1.